The first-order chi connectivity index (χ1) is 7.75. The lowest BCUT2D eigenvalue weighted by Crippen LogP contribution is -1.95. The van der Waals surface area contributed by atoms with Gasteiger partial charge in [-0.15, -0.1) is 10.2 Å². The molecule has 0 saturated carbocycles. The molecule has 2 aromatic rings. The lowest BCUT2D eigenvalue weighted by Gasteiger charge is -2.01. The summed E-state index contributed by atoms with van der Waals surface area (Å²) in [5, 5.41) is 13.3. The van der Waals surface area contributed by atoms with Crippen LogP contribution in [0.15, 0.2) is 18.2 Å². The highest BCUT2D eigenvalue weighted by atomic mass is 19.1. The number of halogens is 2. The number of aromatic nitrogens is 4. The summed E-state index contributed by atoms with van der Waals surface area (Å²) >= 11 is 0. The molecule has 6 heteroatoms. The Balaban J connectivity index is 1.90. The van der Waals surface area contributed by atoms with Crippen molar-refractivity contribution in [1.82, 2.24) is 20.6 Å². The minimum Gasteiger partial charge on any atom is -0.207 e. The van der Waals surface area contributed by atoms with E-state index in [9.17, 15) is 8.78 Å². The fraction of sp³-hybridized carbons (Fsp3) is 0.300. The maximum absolute atomic E-state index is 13.2. The van der Waals surface area contributed by atoms with Gasteiger partial charge in [0, 0.05) is 12.5 Å². The Hall–Kier alpha value is -1.85. The zero-order valence-corrected chi connectivity index (χ0v) is 8.45. The largest absolute Gasteiger partial charge is 0.207 e. The number of benzene rings is 1. The first kappa shape index (κ1) is 10.7. The van der Waals surface area contributed by atoms with Crippen molar-refractivity contribution in [3.8, 4) is 0 Å². The predicted octanol–water partition coefficient (Wildman–Crippen LogP) is 1.65. The van der Waals surface area contributed by atoms with Gasteiger partial charge in [0.25, 0.3) is 0 Å². The molecule has 0 unspecified atom stereocenters. The van der Waals surface area contributed by atoms with Crippen LogP contribution < -0.4 is 0 Å². The third kappa shape index (κ3) is 2.59. The molecular formula is C10H10F2N4. The smallest absolute Gasteiger partial charge is 0.174 e. The Morgan fingerprint density at radius 3 is 2.75 bits per heavy atom. The van der Waals surface area contributed by atoms with Crippen LogP contribution >= 0.6 is 0 Å². The number of aromatic amines is 1. The van der Waals surface area contributed by atoms with Crippen LogP contribution in [0.5, 0.6) is 0 Å². The van der Waals surface area contributed by atoms with Crippen molar-refractivity contribution in [3.63, 3.8) is 0 Å². The number of H-pyrrole nitrogens is 1. The van der Waals surface area contributed by atoms with E-state index in [2.05, 4.69) is 20.6 Å². The van der Waals surface area contributed by atoms with E-state index in [1.165, 1.54) is 12.1 Å². The van der Waals surface area contributed by atoms with Gasteiger partial charge in [0.15, 0.2) is 5.82 Å². The van der Waals surface area contributed by atoms with Gasteiger partial charge in [0.1, 0.15) is 11.6 Å². The lowest BCUT2D eigenvalue weighted by atomic mass is 10.1. The van der Waals surface area contributed by atoms with Gasteiger partial charge < -0.3 is 0 Å². The molecule has 0 amide bonds. The Kier molecular flexibility index (Phi) is 3.19. The number of rotatable bonds is 4. The topological polar surface area (TPSA) is 54.5 Å². The van der Waals surface area contributed by atoms with Crippen molar-refractivity contribution in [2.24, 2.45) is 0 Å². The van der Waals surface area contributed by atoms with Gasteiger partial charge >= 0.3 is 0 Å². The van der Waals surface area contributed by atoms with E-state index in [4.69, 9.17) is 0 Å². The zero-order chi connectivity index (χ0) is 11.4. The average molecular weight is 224 g/mol. The maximum atomic E-state index is 13.2. The third-order valence-corrected chi connectivity index (χ3v) is 2.25. The normalized spacial score (nSPS) is 10.6. The Morgan fingerprint density at radius 2 is 2.06 bits per heavy atom. The molecule has 1 aromatic heterocycles. The van der Waals surface area contributed by atoms with E-state index in [1.54, 1.807) is 0 Å². The van der Waals surface area contributed by atoms with E-state index in [-0.39, 0.29) is 0 Å². The molecule has 0 aliphatic carbocycles. The van der Waals surface area contributed by atoms with E-state index < -0.39 is 11.6 Å². The van der Waals surface area contributed by atoms with Gasteiger partial charge in [0.2, 0.25) is 0 Å². The summed E-state index contributed by atoms with van der Waals surface area (Å²) in [4.78, 5) is 0. The quantitative estimate of drug-likeness (QED) is 0.859. The second kappa shape index (κ2) is 4.78. The predicted molar refractivity (Wildman–Crippen MR) is 52.6 cm³/mol. The molecule has 16 heavy (non-hydrogen) atoms. The SMILES string of the molecule is Fc1ccc(CCCc2nn[nH]n2)c(F)c1. The Labute approximate surface area is 90.7 Å². The lowest BCUT2D eigenvalue weighted by molar-refractivity contribution is 0.568. The van der Waals surface area contributed by atoms with Crippen molar-refractivity contribution in [2.75, 3.05) is 0 Å². The monoisotopic (exact) mass is 224 g/mol. The molecule has 1 aromatic carbocycles. The molecule has 0 bridgehead atoms. The number of hydrogen-bond donors (Lipinski definition) is 1. The summed E-state index contributed by atoms with van der Waals surface area (Å²) in [6, 6.07) is 3.61. The molecule has 0 saturated heterocycles. The van der Waals surface area contributed by atoms with Crippen molar-refractivity contribution in [2.45, 2.75) is 19.3 Å². The van der Waals surface area contributed by atoms with Crippen LogP contribution in [0.25, 0.3) is 0 Å². The van der Waals surface area contributed by atoms with Crippen molar-refractivity contribution in [1.29, 1.82) is 0 Å². The first-order valence-electron chi connectivity index (χ1n) is 4.92. The summed E-state index contributed by atoms with van der Waals surface area (Å²) in [5.41, 5.74) is 0.505. The molecule has 0 atom stereocenters. The van der Waals surface area contributed by atoms with Crippen LogP contribution in [0.4, 0.5) is 8.78 Å². The fourth-order valence-electron chi connectivity index (χ4n) is 1.45. The number of nitrogens with one attached hydrogen (secondary N) is 1. The van der Waals surface area contributed by atoms with Crippen LogP contribution in [0, 0.1) is 11.6 Å². The molecule has 2 rings (SSSR count). The van der Waals surface area contributed by atoms with E-state index in [0.29, 0.717) is 30.7 Å². The number of tetrazole rings is 1. The summed E-state index contributed by atoms with van der Waals surface area (Å²) in [5.74, 6) is -0.463. The van der Waals surface area contributed by atoms with Crippen LogP contribution in [0.2, 0.25) is 0 Å². The zero-order valence-electron chi connectivity index (χ0n) is 8.45. The van der Waals surface area contributed by atoms with Gasteiger partial charge in [-0.2, -0.15) is 5.21 Å². The minimum absolute atomic E-state index is 0.505. The van der Waals surface area contributed by atoms with Crippen molar-refractivity contribution in [3.05, 3.63) is 41.2 Å². The van der Waals surface area contributed by atoms with Crippen LogP contribution in [-0.2, 0) is 12.8 Å². The highest BCUT2D eigenvalue weighted by molar-refractivity contribution is 5.18. The first-order valence-corrected chi connectivity index (χ1v) is 4.92. The molecule has 84 valence electrons. The molecule has 0 aliphatic heterocycles. The minimum atomic E-state index is -0.556. The number of hydrogen-bond acceptors (Lipinski definition) is 3. The van der Waals surface area contributed by atoms with Crippen molar-refractivity contribution < 1.29 is 8.78 Å². The van der Waals surface area contributed by atoms with Gasteiger partial charge in [-0.25, -0.2) is 8.78 Å². The molecule has 0 aliphatic rings. The number of aryl methyl sites for hydroxylation is 2. The van der Waals surface area contributed by atoms with Gasteiger partial charge in [-0.1, -0.05) is 11.3 Å². The molecule has 0 radical (unpaired) electrons. The average Bonchev–Trinajstić information content (AvgIpc) is 2.74. The molecule has 0 spiro atoms. The maximum Gasteiger partial charge on any atom is 0.174 e. The molecular weight excluding hydrogens is 214 g/mol. The Morgan fingerprint density at radius 1 is 1.19 bits per heavy atom. The highest BCUT2D eigenvalue weighted by Crippen LogP contribution is 2.12. The van der Waals surface area contributed by atoms with Crippen LogP contribution in [-0.4, -0.2) is 20.6 Å². The summed E-state index contributed by atoms with van der Waals surface area (Å²) in [6.07, 6.45) is 1.84. The fourth-order valence-corrected chi connectivity index (χ4v) is 1.45. The van der Waals surface area contributed by atoms with Crippen LogP contribution in [0.3, 0.4) is 0 Å². The molecule has 1 heterocycles. The number of nitrogens with zero attached hydrogens (tertiary/aromatic N) is 3. The van der Waals surface area contributed by atoms with Gasteiger partial charge in [0.05, 0.1) is 0 Å². The summed E-state index contributed by atoms with van der Waals surface area (Å²) in [7, 11) is 0. The highest BCUT2D eigenvalue weighted by Gasteiger charge is 2.04. The van der Waals surface area contributed by atoms with Crippen molar-refractivity contribution >= 4 is 0 Å². The van der Waals surface area contributed by atoms with Gasteiger partial charge in [-0.3, -0.25) is 0 Å². The second-order valence-corrected chi connectivity index (χ2v) is 3.42. The summed E-state index contributed by atoms with van der Waals surface area (Å²) in [6.45, 7) is 0. The molecule has 4 nitrogen and oxygen atoms in total. The van der Waals surface area contributed by atoms with E-state index in [0.717, 1.165) is 6.07 Å². The molecule has 1 N–H and O–H groups in total. The van der Waals surface area contributed by atoms with E-state index in [1.807, 2.05) is 0 Å². The molecule has 0 fully saturated rings. The standard InChI is InChI=1S/C10H10F2N4/c11-8-5-4-7(9(12)6-8)2-1-3-10-13-15-16-14-10/h4-6H,1-3H2,(H,13,14,15,16). The van der Waals surface area contributed by atoms with Gasteiger partial charge in [-0.05, 0) is 24.5 Å². The second-order valence-electron chi connectivity index (χ2n) is 3.42. The van der Waals surface area contributed by atoms with Crippen LogP contribution in [0.1, 0.15) is 17.8 Å². The third-order valence-electron chi connectivity index (χ3n) is 2.25. The summed E-state index contributed by atoms with van der Waals surface area (Å²) < 4.78 is 25.8. The Bertz CT molecular complexity index is 456. The van der Waals surface area contributed by atoms with E-state index >= 15 is 0 Å².